The number of ether oxygens (including phenoxy) is 7. The van der Waals surface area contributed by atoms with Crippen LogP contribution in [0.2, 0.25) is 0 Å². The Morgan fingerprint density at radius 2 is 1.48 bits per heavy atom. The Hall–Kier alpha value is -3.90. The molecular formula is C40H62N2O23. The molecule has 3 aliphatic rings. The van der Waals surface area contributed by atoms with E-state index in [9.17, 15) is 80.5 Å². The highest BCUT2D eigenvalue weighted by molar-refractivity contribution is 5.97. The number of carboxylic acid groups (broad SMARTS) is 1. The Morgan fingerprint density at radius 3 is 2.08 bits per heavy atom. The average Bonchev–Trinajstić information content (AvgIpc) is 3.26. The quantitative estimate of drug-likeness (QED) is 0.0363. The van der Waals surface area contributed by atoms with Crippen molar-refractivity contribution >= 4 is 23.8 Å². The normalized spacial score (nSPS) is 33.7. The summed E-state index contributed by atoms with van der Waals surface area (Å²) in [5.41, 5.74) is -0.347. The van der Waals surface area contributed by atoms with Gasteiger partial charge in [-0.3, -0.25) is 14.4 Å². The van der Waals surface area contributed by atoms with E-state index in [-0.39, 0.29) is 23.9 Å². The van der Waals surface area contributed by atoms with Crippen LogP contribution in [0.15, 0.2) is 18.2 Å². The molecule has 0 saturated carbocycles. The van der Waals surface area contributed by atoms with Crippen molar-refractivity contribution in [3.63, 3.8) is 0 Å². The van der Waals surface area contributed by atoms with Crippen LogP contribution in [0.25, 0.3) is 0 Å². The van der Waals surface area contributed by atoms with E-state index in [0.29, 0.717) is 25.7 Å². The van der Waals surface area contributed by atoms with Crippen molar-refractivity contribution in [1.82, 2.24) is 10.6 Å². The fraction of sp³-hybridized carbons (Fsp3) is 0.750. The molecule has 0 bridgehead atoms. The number of aliphatic hydroxyl groups is 9. The number of benzene rings is 1. The zero-order valence-electron chi connectivity index (χ0n) is 35.7. The number of hydrogen-bond donors (Lipinski definition) is 14. The van der Waals surface area contributed by atoms with Crippen LogP contribution in [-0.2, 0) is 47.5 Å². The molecule has 1 aromatic rings. The summed E-state index contributed by atoms with van der Waals surface area (Å²) < 4.78 is 39.4. The summed E-state index contributed by atoms with van der Waals surface area (Å²) in [5.74, 6) is -8.18. The summed E-state index contributed by atoms with van der Waals surface area (Å²) in [6.07, 6.45) is -21.8. The van der Waals surface area contributed by atoms with Gasteiger partial charge in [0.25, 0.3) is 11.7 Å². The molecule has 16 atom stereocenters. The van der Waals surface area contributed by atoms with Gasteiger partial charge in [-0.1, -0.05) is 25.7 Å². The van der Waals surface area contributed by atoms with Gasteiger partial charge < -0.3 is 105 Å². The number of unbranched alkanes of at least 4 members (excludes halogenated alkanes) is 5. The molecule has 3 fully saturated rings. The molecule has 14 N–H and O–H groups in total. The summed E-state index contributed by atoms with van der Waals surface area (Å²) in [6, 6.07) is -0.0762. The Kier molecular flexibility index (Phi) is 20.4. The van der Waals surface area contributed by atoms with Crippen molar-refractivity contribution in [2.45, 2.75) is 156 Å². The molecule has 1 aromatic carbocycles. The first kappa shape index (κ1) is 53.7. The van der Waals surface area contributed by atoms with Gasteiger partial charge in [-0.05, 0) is 25.0 Å². The van der Waals surface area contributed by atoms with E-state index in [4.69, 9.17) is 28.4 Å². The van der Waals surface area contributed by atoms with Crippen LogP contribution < -0.4 is 10.6 Å². The molecule has 11 unspecified atom stereocenters. The molecule has 25 heteroatoms. The Morgan fingerprint density at radius 1 is 0.831 bits per heavy atom. The minimum Gasteiger partial charge on any atom is -0.508 e. The number of esters is 1. The predicted molar refractivity (Wildman–Crippen MR) is 213 cm³/mol. The van der Waals surface area contributed by atoms with E-state index in [0.717, 1.165) is 44.4 Å². The van der Waals surface area contributed by atoms with Crippen molar-refractivity contribution in [3.8, 4) is 11.5 Å². The van der Waals surface area contributed by atoms with Crippen molar-refractivity contribution in [3.05, 3.63) is 23.8 Å². The number of amides is 2. The highest BCUT2D eigenvalue weighted by atomic mass is 16.8. The van der Waals surface area contributed by atoms with Crippen molar-refractivity contribution < 1.29 is 114 Å². The summed E-state index contributed by atoms with van der Waals surface area (Å²) in [5, 5.41) is 132. The number of carbonyl (C=O) groups excluding carboxylic acids is 3. The molecule has 0 aliphatic carbocycles. The lowest BCUT2D eigenvalue weighted by atomic mass is 9.88. The van der Waals surface area contributed by atoms with Crippen LogP contribution in [0, 0.1) is 0 Å². The minimum absolute atomic E-state index is 0.0179. The SMILES string of the molecule is COC(=O)CCCCCCCCO[C@@H]1OC(CO)[C@@H](OC2OC(CO)[C@H](O)C(O[C@]3(C(=O)O)CC(O)[C@@H](NC(C)=O)C(C(O)C(O)CO)O3)C2O)C(O)C1NC(=O)c1ccc(O)cc1O. The fourth-order valence-corrected chi connectivity index (χ4v) is 7.78. The van der Waals surface area contributed by atoms with Crippen molar-refractivity contribution in [2.75, 3.05) is 33.5 Å². The smallest absolute Gasteiger partial charge is 0.364 e. The number of aromatic hydroxyl groups is 2. The van der Waals surface area contributed by atoms with Crippen LogP contribution in [0.3, 0.4) is 0 Å². The van der Waals surface area contributed by atoms with Crippen LogP contribution in [0.1, 0.15) is 68.6 Å². The number of aliphatic hydroxyl groups excluding tert-OH is 9. The number of phenols is 2. The van der Waals surface area contributed by atoms with E-state index in [1.807, 2.05) is 0 Å². The summed E-state index contributed by atoms with van der Waals surface area (Å²) in [4.78, 5) is 49.7. The summed E-state index contributed by atoms with van der Waals surface area (Å²) >= 11 is 0. The number of methoxy groups -OCH3 is 1. The van der Waals surface area contributed by atoms with Gasteiger partial charge in [0.15, 0.2) is 12.6 Å². The van der Waals surface area contributed by atoms with Crippen molar-refractivity contribution in [2.24, 2.45) is 0 Å². The molecule has 3 heterocycles. The van der Waals surface area contributed by atoms with Gasteiger partial charge in [0.05, 0.1) is 44.6 Å². The predicted octanol–water partition coefficient (Wildman–Crippen LogP) is -4.45. The number of phenolic OH excluding ortho intramolecular Hbond substituents is 2. The van der Waals surface area contributed by atoms with Crippen molar-refractivity contribution in [1.29, 1.82) is 0 Å². The minimum atomic E-state index is -3.10. The molecule has 25 nitrogen and oxygen atoms in total. The summed E-state index contributed by atoms with van der Waals surface area (Å²) in [6.45, 7) is -1.96. The maximum atomic E-state index is 13.5. The number of aliphatic carboxylic acids is 1. The van der Waals surface area contributed by atoms with Crippen LogP contribution in [0.5, 0.6) is 11.5 Å². The van der Waals surface area contributed by atoms with Gasteiger partial charge in [0, 0.05) is 32.4 Å². The van der Waals surface area contributed by atoms with Gasteiger partial charge in [-0.15, -0.1) is 0 Å². The second-order valence-electron chi connectivity index (χ2n) is 16.0. The molecule has 0 radical (unpaired) electrons. The number of carbonyl (C=O) groups is 4. The molecule has 2 amide bonds. The van der Waals surface area contributed by atoms with E-state index >= 15 is 0 Å². The topological polar surface area (TPSA) is 400 Å². The Labute approximate surface area is 372 Å². The Balaban J connectivity index is 1.58. The highest BCUT2D eigenvalue weighted by Crippen LogP contribution is 2.38. The zero-order valence-corrected chi connectivity index (χ0v) is 35.7. The molecular weight excluding hydrogens is 876 g/mol. The first-order valence-corrected chi connectivity index (χ1v) is 21.1. The van der Waals surface area contributed by atoms with Crippen LogP contribution >= 0.6 is 0 Å². The largest absolute Gasteiger partial charge is 0.508 e. The van der Waals surface area contributed by atoms with E-state index in [1.165, 1.54) is 7.11 Å². The second-order valence-corrected chi connectivity index (χ2v) is 16.0. The second kappa shape index (κ2) is 24.7. The summed E-state index contributed by atoms with van der Waals surface area (Å²) in [7, 11) is 1.31. The molecule has 4 rings (SSSR count). The van der Waals surface area contributed by atoms with Gasteiger partial charge in [0.1, 0.15) is 78.6 Å². The third-order valence-corrected chi connectivity index (χ3v) is 11.3. The lowest BCUT2D eigenvalue weighted by Crippen LogP contribution is -2.71. The van der Waals surface area contributed by atoms with E-state index < -0.39 is 147 Å². The third-order valence-electron chi connectivity index (χ3n) is 11.3. The maximum Gasteiger partial charge on any atom is 0.364 e. The standard InChI is InChI=1S/C40H62N2O23/c1-18(46)41-27-22(49)14-40(39(57)58,64-34(27)29(52)23(50)15-43)65-35-30(53)24(16-44)61-38(32(35)55)63-33-25(17-45)62-37(60-12-8-6-4-3-5-7-9-26(51)59-2)28(31(33)54)42-36(56)20-11-10-19(47)13-21(20)48/h10-11,13,22-25,27-35,37-38,43-45,47-50,52-55H,3-9,12,14-17H2,1-2H3,(H,41,46)(H,42,56)(H,57,58)/t22?,23?,24?,25?,27-,28?,29?,30+,31?,32?,33-,34?,35?,37-,38?,40+/m1/s1. The molecule has 65 heavy (non-hydrogen) atoms. The molecule has 3 aliphatic heterocycles. The first-order valence-electron chi connectivity index (χ1n) is 21.1. The molecule has 0 spiro atoms. The van der Waals surface area contributed by atoms with Crippen LogP contribution in [0.4, 0.5) is 0 Å². The van der Waals surface area contributed by atoms with Gasteiger partial charge in [-0.2, -0.15) is 0 Å². The van der Waals surface area contributed by atoms with Gasteiger partial charge >= 0.3 is 11.9 Å². The third kappa shape index (κ3) is 13.6. The molecule has 0 aromatic heterocycles. The number of nitrogens with one attached hydrogen (secondary N) is 2. The molecule has 370 valence electrons. The molecule has 3 saturated heterocycles. The van der Waals surface area contributed by atoms with E-state index in [1.54, 1.807) is 0 Å². The van der Waals surface area contributed by atoms with E-state index in [2.05, 4.69) is 15.4 Å². The van der Waals surface area contributed by atoms with Crippen LogP contribution in [-0.4, -0.2) is 216 Å². The Bertz CT molecular complexity index is 1710. The number of carboxylic acids is 1. The highest BCUT2D eigenvalue weighted by Gasteiger charge is 2.60. The average molecular weight is 939 g/mol. The monoisotopic (exact) mass is 938 g/mol. The number of hydrogen-bond acceptors (Lipinski definition) is 22. The lowest BCUT2D eigenvalue weighted by molar-refractivity contribution is -0.382. The zero-order chi connectivity index (χ0) is 48.2. The lowest BCUT2D eigenvalue weighted by Gasteiger charge is -2.51. The first-order chi connectivity index (χ1) is 30.8. The fourth-order valence-electron chi connectivity index (χ4n) is 7.78. The number of rotatable bonds is 23. The van der Waals surface area contributed by atoms with Gasteiger partial charge in [0.2, 0.25) is 5.91 Å². The maximum absolute atomic E-state index is 13.5. The van der Waals surface area contributed by atoms with Gasteiger partial charge in [-0.25, -0.2) is 4.79 Å².